The molecule has 0 aliphatic heterocycles. The summed E-state index contributed by atoms with van der Waals surface area (Å²) in [5, 5.41) is 2.41. The highest BCUT2D eigenvalue weighted by atomic mass is 32.2. The summed E-state index contributed by atoms with van der Waals surface area (Å²) in [6.07, 6.45) is 8.77. The summed E-state index contributed by atoms with van der Waals surface area (Å²) in [5.74, 6) is 0. The molecule has 1 atom stereocenters. The molecule has 2 N–H and O–H groups in total. The predicted octanol–water partition coefficient (Wildman–Crippen LogP) is 3.89. The molecule has 0 unspecified atom stereocenters. The fourth-order valence-electron chi connectivity index (χ4n) is 5.04. The summed E-state index contributed by atoms with van der Waals surface area (Å²) in [7, 11) is -2.54. The van der Waals surface area contributed by atoms with Crippen LogP contribution >= 0.6 is 0 Å². The van der Waals surface area contributed by atoms with Crippen LogP contribution in [0.25, 0.3) is 21.8 Å². The lowest BCUT2D eigenvalue weighted by Gasteiger charge is -2.35. The lowest BCUT2D eigenvalue weighted by molar-refractivity contribution is 0.161. The van der Waals surface area contributed by atoms with Crippen molar-refractivity contribution < 1.29 is 8.42 Å². The maximum atomic E-state index is 10.8. The van der Waals surface area contributed by atoms with Crippen molar-refractivity contribution in [3.8, 4) is 0 Å². The molecule has 0 spiro atoms. The first-order valence-electron chi connectivity index (χ1n) is 11.6. The minimum atomic E-state index is -2.54. The number of aromatic nitrogens is 3. The van der Waals surface area contributed by atoms with Gasteiger partial charge in [0.25, 0.3) is 0 Å². The molecule has 1 aliphatic rings. The van der Waals surface area contributed by atoms with E-state index in [0.29, 0.717) is 13.1 Å². The number of aryl methyl sites for hydroxylation is 1. The molecule has 3 aromatic heterocycles. The number of nitrogens with one attached hydrogen (secondary N) is 2. The Kier molecular flexibility index (Phi) is 6.66. The Morgan fingerprint density at radius 3 is 2.85 bits per heavy atom. The molecule has 8 heteroatoms. The van der Waals surface area contributed by atoms with Crippen molar-refractivity contribution in [3.63, 3.8) is 0 Å². The van der Waals surface area contributed by atoms with Gasteiger partial charge >= 0.3 is 0 Å². The van der Waals surface area contributed by atoms with Crippen LogP contribution in [0.5, 0.6) is 0 Å². The minimum absolute atomic E-state index is 0.237. The Bertz CT molecular complexity index is 1320. The zero-order chi connectivity index (χ0) is 22.6. The largest absolute Gasteiger partial charge is 0.353 e. The van der Waals surface area contributed by atoms with E-state index in [9.17, 15) is 8.42 Å². The van der Waals surface area contributed by atoms with Gasteiger partial charge in [-0.3, -0.25) is 14.9 Å². The molecule has 5 rings (SSSR count). The van der Waals surface area contributed by atoms with E-state index in [1.165, 1.54) is 22.0 Å². The van der Waals surface area contributed by atoms with Crippen LogP contribution in [-0.4, -0.2) is 41.4 Å². The zero-order valence-corrected chi connectivity index (χ0v) is 19.4. The van der Waals surface area contributed by atoms with Gasteiger partial charge in [0.05, 0.1) is 22.9 Å². The molecular formula is C25H29N5O2S. The number of H-pyrrole nitrogens is 1. The maximum Gasteiger partial charge on any atom is 0.201 e. The third-order valence-electron chi connectivity index (χ3n) is 6.58. The summed E-state index contributed by atoms with van der Waals surface area (Å²) >= 11 is 0. The van der Waals surface area contributed by atoms with Gasteiger partial charge in [0.15, 0.2) is 0 Å². The topological polar surface area (TPSA) is 91.0 Å². The lowest BCUT2D eigenvalue weighted by Crippen LogP contribution is -2.33. The highest BCUT2D eigenvalue weighted by Crippen LogP contribution is 2.35. The summed E-state index contributed by atoms with van der Waals surface area (Å²) in [6.45, 7) is 2.05. The maximum absolute atomic E-state index is 10.8. The predicted molar refractivity (Wildman–Crippen MR) is 131 cm³/mol. The van der Waals surface area contributed by atoms with Crippen molar-refractivity contribution in [3.05, 3.63) is 71.8 Å². The zero-order valence-electron chi connectivity index (χ0n) is 18.5. The van der Waals surface area contributed by atoms with Crippen molar-refractivity contribution in [2.75, 3.05) is 13.1 Å². The van der Waals surface area contributed by atoms with E-state index in [1.54, 1.807) is 0 Å². The summed E-state index contributed by atoms with van der Waals surface area (Å²) in [6, 6.07) is 14.9. The number of nitrogens with zero attached hydrogens (tertiary/aromatic N) is 3. The molecule has 3 heterocycles. The van der Waals surface area contributed by atoms with Gasteiger partial charge in [-0.15, -0.1) is 0 Å². The van der Waals surface area contributed by atoms with Gasteiger partial charge in [-0.05, 0) is 62.4 Å². The van der Waals surface area contributed by atoms with Crippen LogP contribution in [0.15, 0.2) is 54.9 Å². The molecule has 172 valence electrons. The van der Waals surface area contributed by atoms with Crippen molar-refractivity contribution in [1.82, 2.24) is 24.6 Å². The highest BCUT2D eigenvalue weighted by molar-refractivity contribution is 7.70. The van der Waals surface area contributed by atoms with Crippen molar-refractivity contribution in [1.29, 1.82) is 0 Å². The minimum Gasteiger partial charge on any atom is -0.353 e. The number of hydrogen-bond acceptors (Lipinski definition) is 5. The van der Waals surface area contributed by atoms with Crippen molar-refractivity contribution in [2.45, 2.75) is 44.7 Å². The first kappa shape index (κ1) is 22.0. The average Bonchev–Trinajstić information content (AvgIpc) is 3.22. The highest BCUT2D eigenvalue weighted by Gasteiger charge is 2.28. The Hall–Kier alpha value is -2.81. The smallest absolute Gasteiger partial charge is 0.201 e. The third kappa shape index (κ3) is 4.78. The summed E-state index contributed by atoms with van der Waals surface area (Å²) < 4.78 is 24.1. The number of rotatable bonds is 9. The van der Waals surface area contributed by atoms with E-state index in [4.69, 9.17) is 9.97 Å². The van der Waals surface area contributed by atoms with E-state index < -0.39 is 10.9 Å². The van der Waals surface area contributed by atoms with Crippen LogP contribution in [0.3, 0.4) is 0 Å². The number of thiol groups is 1. The lowest BCUT2D eigenvalue weighted by atomic mass is 9.90. The molecule has 0 bridgehead atoms. The van der Waals surface area contributed by atoms with Crippen LogP contribution in [-0.2, 0) is 23.9 Å². The van der Waals surface area contributed by atoms with Crippen LogP contribution in [0, 0.1) is 0 Å². The van der Waals surface area contributed by atoms with Gasteiger partial charge in [-0.2, -0.15) is 0 Å². The molecule has 0 radical (unpaired) electrons. The Labute approximate surface area is 195 Å². The molecule has 7 nitrogen and oxygen atoms in total. The van der Waals surface area contributed by atoms with Gasteiger partial charge in [-0.25, -0.2) is 13.1 Å². The molecule has 0 saturated carbocycles. The first-order chi connectivity index (χ1) is 16.2. The van der Waals surface area contributed by atoms with Gasteiger partial charge in [0.2, 0.25) is 10.9 Å². The first-order valence-corrected chi connectivity index (χ1v) is 12.8. The molecule has 0 amide bonds. The number of hydrogen-bond donors (Lipinski definition) is 3. The summed E-state index contributed by atoms with van der Waals surface area (Å²) in [5.41, 5.74) is 5.75. The van der Waals surface area contributed by atoms with E-state index in [1.807, 2.05) is 24.5 Å². The molecular weight excluding hydrogens is 434 g/mol. The monoisotopic (exact) mass is 463 g/mol. The summed E-state index contributed by atoms with van der Waals surface area (Å²) in [4.78, 5) is 15.6. The fourth-order valence-corrected chi connectivity index (χ4v) is 5.38. The molecule has 4 aromatic rings. The number of fused-ring (bicyclic) bond motifs is 4. The van der Waals surface area contributed by atoms with E-state index in [-0.39, 0.29) is 6.04 Å². The Morgan fingerprint density at radius 1 is 1.03 bits per heavy atom. The molecule has 0 saturated heterocycles. The number of pyridine rings is 2. The standard InChI is InChI=1S/C25H29N5O2S/c31-33(32)28-14-3-4-16-30(23-11-5-7-18-8-6-13-27-24(18)23)17-22-25-20(12-15-26-22)19-9-1-2-10-21(19)29-25/h1-2,6,8-10,12-13,15,23,29,33H,3-5,7,11,14,16-17H2,(H,28,31,32)/t23-/m0/s1. The Balaban J connectivity index is 1.45. The van der Waals surface area contributed by atoms with Crippen LogP contribution in [0.4, 0.5) is 0 Å². The van der Waals surface area contributed by atoms with Gasteiger partial charge in [0.1, 0.15) is 0 Å². The second kappa shape index (κ2) is 9.99. The Morgan fingerprint density at radius 2 is 1.94 bits per heavy atom. The fraction of sp³-hybridized carbons (Fsp3) is 0.360. The molecule has 1 aromatic carbocycles. The van der Waals surface area contributed by atoms with Crippen molar-refractivity contribution >= 4 is 32.7 Å². The van der Waals surface area contributed by atoms with E-state index in [2.05, 4.69) is 44.9 Å². The SMILES string of the molecule is O=[SH](=O)NCCCCN(Cc1nccc2c1[nH]c1ccccc12)[C@H]1CCCc2cccnc21. The average molecular weight is 464 g/mol. The molecule has 1 aliphatic carbocycles. The van der Waals surface area contributed by atoms with Crippen LogP contribution in [0.2, 0.25) is 0 Å². The quantitative estimate of drug-likeness (QED) is 0.259. The second-order valence-electron chi connectivity index (χ2n) is 8.65. The van der Waals surface area contributed by atoms with E-state index >= 15 is 0 Å². The van der Waals surface area contributed by atoms with E-state index in [0.717, 1.165) is 55.4 Å². The third-order valence-corrected chi connectivity index (χ3v) is 7.06. The van der Waals surface area contributed by atoms with Gasteiger partial charge in [0, 0.05) is 41.8 Å². The van der Waals surface area contributed by atoms with Crippen molar-refractivity contribution in [2.24, 2.45) is 0 Å². The van der Waals surface area contributed by atoms with Crippen LogP contribution < -0.4 is 4.72 Å². The van der Waals surface area contributed by atoms with Crippen LogP contribution in [0.1, 0.15) is 48.7 Å². The number of para-hydroxylation sites is 1. The number of unbranched alkanes of at least 4 members (excludes halogenated alkanes) is 1. The number of aromatic amines is 1. The normalized spacial score (nSPS) is 16.1. The number of benzene rings is 1. The van der Waals surface area contributed by atoms with Gasteiger partial charge in [-0.1, -0.05) is 24.3 Å². The van der Waals surface area contributed by atoms with Gasteiger partial charge < -0.3 is 4.98 Å². The second-order valence-corrected chi connectivity index (χ2v) is 9.48. The molecule has 33 heavy (non-hydrogen) atoms. The molecule has 0 fully saturated rings.